The number of methoxy groups -OCH3 is 1. The molecule has 0 atom stereocenters. The van der Waals surface area contributed by atoms with Gasteiger partial charge in [-0.2, -0.15) is 13.2 Å². The number of morpholine rings is 1. The molecule has 3 aromatic rings. The molecule has 2 fully saturated rings. The first-order chi connectivity index (χ1) is 15.4. The molecule has 170 valence electrons. The van der Waals surface area contributed by atoms with Crippen LogP contribution in [0.2, 0.25) is 0 Å². The van der Waals surface area contributed by atoms with Gasteiger partial charge in [-0.25, -0.2) is 4.98 Å². The normalized spacial score (nSPS) is 16.9. The van der Waals surface area contributed by atoms with Crippen molar-refractivity contribution in [1.29, 1.82) is 0 Å². The van der Waals surface area contributed by atoms with Gasteiger partial charge in [0.1, 0.15) is 17.2 Å². The van der Waals surface area contributed by atoms with E-state index in [2.05, 4.69) is 25.5 Å². The molecule has 3 heterocycles. The maximum Gasteiger partial charge on any atom is 0.418 e. The Labute approximate surface area is 182 Å². The standard InChI is InChI=1S/C22H24F3N5O2/c1-31-18-10-14(30-6-8-32-9-7-30)4-5-16(18)28-19-11-17(27-13-2-3-13)20-15(22(23,24)25)12-26-21(20)29-19/h4-5,10-13H,2-3,6-9H2,1H3,(H3,26,27,28,29). The summed E-state index contributed by atoms with van der Waals surface area (Å²) >= 11 is 0. The number of benzene rings is 1. The molecule has 0 bridgehead atoms. The van der Waals surface area contributed by atoms with Crippen molar-refractivity contribution in [2.75, 3.05) is 48.9 Å². The molecule has 3 N–H and O–H groups in total. The van der Waals surface area contributed by atoms with Gasteiger partial charge in [0.2, 0.25) is 0 Å². The lowest BCUT2D eigenvalue weighted by molar-refractivity contribution is -0.136. The van der Waals surface area contributed by atoms with Gasteiger partial charge in [0, 0.05) is 48.8 Å². The van der Waals surface area contributed by atoms with Gasteiger partial charge >= 0.3 is 6.18 Å². The molecule has 0 unspecified atom stereocenters. The molecule has 10 heteroatoms. The Kier molecular flexibility index (Phi) is 5.24. The molecule has 0 spiro atoms. The number of nitrogens with one attached hydrogen (secondary N) is 3. The monoisotopic (exact) mass is 447 g/mol. The van der Waals surface area contributed by atoms with E-state index in [0.717, 1.165) is 37.8 Å². The van der Waals surface area contributed by atoms with Crippen molar-refractivity contribution in [3.8, 4) is 5.75 Å². The smallest absolute Gasteiger partial charge is 0.418 e. The summed E-state index contributed by atoms with van der Waals surface area (Å²) in [7, 11) is 1.58. The highest BCUT2D eigenvalue weighted by Crippen LogP contribution is 2.41. The lowest BCUT2D eigenvalue weighted by Crippen LogP contribution is -2.36. The summed E-state index contributed by atoms with van der Waals surface area (Å²) < 4.78 is 51.5. The zero-order chi connectivity index (χ0) is 22.3. The molecule has 1 saturated heterocycles. The molecule has 0 radical (unpaired) electrons. The average molecular weight is 447 g/mol. The van der Waals surface area contributed by atoms with Crippen LogP contribution < -0.4 is 20.3 Å². The molecule has 32 heavy (non-hydrogen) atoms. The first-order valence-electron chi connectivity index (χ1n) is 10.6. The number of hydrogen-bond acceptors (Lipinski definition) is 6. The number of alkyl halides is 3. The molecule has 2 aromatic heterocycles. The summed E-state index contributed by atoms with van der Waals surface area (Å²) in [6.45, 7) is 2.97. The maximum absolute atomic E-state index is 13.5. The van der Waals surface area contributed by atoms with E-state index >= 15 is 0 Å². The van der Waals surface area contributed by atoms with E-state index in [1.54, 1.807) is 13.2 Å². The van der Waals surface area contributed by atoms with E-state index in [9.17, 15) is 13.2 Å². The van der Waals surface area contributed by atoms with Crippen molar-refractivity contribution < 1.29 is 22.6 Å². The first-order valence-corrected chi connectivity index (χ1v) is 10.6. The Morgan fingerprint density at radius 3 is 2.62 bits per heavy atom. The summed E-state index contributed by atoms with van der Waals surface area (Å²) in [5, 5.41) is 6.48. The van der Waals surface area contributed by atoms with Gasteiger partial charge in [-0.05, 0) is 25.0 Å². The highest BCUT2D eigenvalue weighted by molar-refractivity contribution is 5.95. The fraction of sp³-hybridized carbons (Fsp3) is 0.409. The third-order valence-electron chi connectivity index (χ3n) is 5.71. The van der Waals surface area contributed by atoms with Gasteiger partial charge < -0.3 is 30.0 Å². The molecule has 0 amide bonds. The molecule has 1 aliphatic heterocycles. The van der Waals surface area contributed by atoms with Gasteiger partial charge in [-0.1, -0.05) is 0 Å². The van der Waals surface area contributed by atoms with Crippen LogP contribution in [-0.4, -0.2) is 49.4 Å². The molecule has 1 aliphatic carbocycles. The van der Waals surface area contributed by atoms with Gasteiger partial charge in [0.05, 0.1) is 37.0 Å². The van der Waals surface area contributed by atoms with Crippen molar-refractivity contribution >= 4 is 33.9 Å². The predicted octanol–water partition coefficient (Wildman–Crippen LogP) is 4.74. The van der Waals surface area contributed by atoms with Crippen molar-refractivity contribution in [2.24, 2.45) is 0 Å². The second-order valence-electron chi connectivity index (χ2n) is 8.01. The summed E-state index contributed by atoms with van der Waals surface area (Å²) in [6, 6.07) is 7.62. The van der Waals surface area contributed by atoms with Crippen molar-refractivity contribution in [1.82, 2.24) is 9.97 Å². The Bertz CT molecular complexity index is 1120. The molecule has 2 aliphatic rings. The van der Waals surface area contributed by atoms with Crippen molar-refractivity contribution in [3.05, 3.63) is 36.0 Å². The van der Waals surface area contributed by atoms with Gasteiger partial charge in [0.25, 0.3) is 0 Å². The minimum atomic E-state index is -4.46. The van der Waals surface area contributed by atoms with Crippen LogP contribution in [0.5, 0.6) is 5.75 Å². The van der Waals surface area contributed by atoms with E-state index in [1.165, 1.54) is 0 Å². The minimum Gasteiger partial charge on any atom is -0.494 e. The Balaban J connectivity index is 1.48. The lowest BCUT2D eigenvalue weighted by Gasteiger charge is -2.29. The third-order valence-corrected chi connectivity index (χ3v) is 5.71. The number of anilines is 4. The highest BCUT2D eigenvalue weighted by atomic mass is 19.4. The van der Waals surface area contributed by atoms with Gasteiger partial charge in [-0.15, -0.1) is 0 Å². The van der Waals surface area contributed by atoms with Crippen LogP contribution in [0, 0.1) is 0 Å². The van der Waals surface area contributed by atoms with E-state index in [0.29, 0.717) is 36.2 Å². The fourth-order valence-electron chi connectivity index (χ4n) is 3.92. The van der Waals surface area contributed by atoms with Crippen molar-refractivity contribution in [3.63, 3.8) is 0 Å². The first kappa shape index (κ1) is 20.7. The van der Waals surface area contributed by atoms with Crippen LogP contribution in [0.3, 0.4) is 0 Å². The molecule has 5 rings (SSSR count). The third kappa shape index (κ3) is 4.14. The SMILES string of the molecule is COc1cc(N2CCOCC2)ccc1Nc1cc(NC2CC2)c2c(C(F)(F)F)c[nH]c2n1. The van der Waals surface area contributed by atoms with Crippen LogP contribution >= 0.6 is 0 Å². The largest absolute Gasteiger partial charge is 0.494 e. The highest BCUT2D eigenvalue weighted by Gasteiger charge is 2.36. The quantitative estimate of drug-likeness (QED) is 0.507. The molecule has 1 saturated carbocycles. The fourth-order valence-corrected chi connectivity index (χ4v) is 3.92. The minimum absolute atomic E-state index is 0.0598. The van der Waals surface area contributed by atoms with Crippen LogP contribution in [-0.2, 0) is 10.9 Å². The number of pyridine rings is 1. The predicted molar refractivity (Wildman–Crippen MR) is 117 cm³/mol. The topological polar surface area (TPSA) is 74.4 Å². The van der Waals surface area contributed by atoms with E-state index in [-0.39, 0.29) is 17.1 Å². The number of hydrogen-bond donors (Lipinski definition) is 3. The van der Waals surface area contributed by atoms with E-state index < -0.39 is 11.7 Å². The van der Waals surface area contributed by atoms with E-state index in [4.69, 9.17) is 9.47 Å². The second-order valence-corrected chi connectivity index (χ2v) is 8.01. The summed E-state index contributed by atoms with van der Waals surface area (Å²) in [4.78, 5) is 9.28. The number of aromatic nitrogens is 2. The number of halogens is 3. The van der Waals surface area contributed by atoms with Crippen LogP contribution in [0.25, 0.3) is 11.0 Å². The number of rotatable bonds is 6. The van der Waals surface area contributed by atoms with Crippen molar-refractivity contribution in [2.45, 2.75) is 25.1 Å². The molecular weight excluding hydrogens is 423 g/mol. The lowest BCUT2D eigenvalue weighted by atomic mass is 10.1. The number of H-pyrrole nitrogens is 1. The number of ether oxygens (including phenoxy) is 2. The molecule has 1 aromatic carbocycles. The van der Waals surface area contributed by atoms with Crippen LogP contribution in [0.1, 0.15) is 18.4 Å². The average Bonchev–Trinajstić information content (AvgIpc) is 3.48. The maximum atomic E-state index is 13.5. The Hall–Kier alpha value is -3.14. The molecular formula is C22H24F3N5O2. The van der Waals surface area contributed by atoms with Crippen LogP contribution in [0.4, 0.5) is 36.1 Å². The Morgan fingerprint density at radius 2 is 1.94 bits per heavy atom. The number of fused-ring (bicyclic) bond motifs is 1. The summed E-state index contributed by atoms with van der Waals surface area (Å²) in [5.74, 6) is 1.05. The molecule has 7 nitrogen and oxygen atoms in total. The second kappa shape index (κ2) is 8.09. The zero-order valence-corrected chi connectivity index (χ0v) is 17.6. The Morgan fingerprint density at radius 1 is 1.16 bits per heavy atom. The van der Waals surface area contributed by atoms with Gasteiger partial charge in [-0.3, -0.25) is 0 Å². The zero-order valence-electron chi connectivity index (χ0n) is 17.6. The van der Waals surface area contributed by atoms with Crippen LogP contribution in [0.15, 0.2) is 30.5 Å². The van der Waals surface area contributed by atoms with E-state index in [1.807, 2.05) is 18.2 Å². The summed E-state index contributed by atoms with van der Waals surface area (Å²) in [6.07, 6.45) is -1.62. The number of nitrogens with zero attached hydrogens (tertiary/aromatic N) is 2. The number of aromatic amines is 1. The van der Waals surface area contributed by atoms with Gasteiger partial charge in [0.15, 0.2) is 0 Å². The summed E-state index contributed by atoms with van der Waals surface area (Å²) in [5.41, 5.74) is 1.57.